The van der Waals surface area contributed by atoms with Gasteiger partial charge in [0.2, 0.25) is 0 Å². The second-order valence-corrected chi connectivity index (χ2v) is 5.87. The first kappa shape index (κ1) is 16.1. The van der Waals surface area contributed by atoms with E-state index < -0.39 is 6.10 Å². The first-order valence-corrected chi connectivity index (χ1v) is 7.77. The van der Waals surface area contributed by atoms with Crippen LogP contribution in [-0.2, 0) is 11.3 Å². The molecule has 0 aliphatic heterocycles. The third-order valence-electron chi connectivity index (χ3n) is 3.41. The zero-order valence-electron chi connectivity index (χ0n) is 11.9. The molecule has 2 nitrogen and oxygen atoms in total. The third kappa shape index (κ3) is 4.37. The van der Waals surface area contributed by atoms with Crippen molar-refractivity contribution < 1.29 is 9.13 Å². The van der Waals surface area contributed by atoms with Crippen molar-refractivity contribution in [3.8, 4) is 0 Å². The lowest BCUT2D eigenvalue weighted by molar-refractivity contribution is 0.0190. The van der Waals surface area contributed by atoms with Gasteiger partial charge in [0.15, 0.2) is 0 Å². The Bertz CT molecular complexity index is 573. The molecule has 0 amide bonds. The molecule has 0 fully saturated rings. The molecule has 0 heterocycles. The summed E-state index contributed by atoms with van der Waals surface area (Å²) in [6.07, 6.45) is 0.277. The lowest BCUT2D eigenvalue weighted by atomic mass is 10.0. The molecular weight excluding hydrogens is 333 g/mol. The molecule has 0 spiro atoms. The molecule has 0 aromatic heterocycles. The number of nitrogens with two attached hydrogens (primary N) is 1. The Balaban J connectivity index is 2.14. The summed E-state index contributed by atoms with van der Waals surface area (Å²) in [5.41, 5.74) is 7.66. The van der Waals surface area contributed by atoms with E-state index in [4.69, 9.17) is 10.5 Å². The van der Waals surface area contributed by atoms with Crippen LogP contribution in [0.3, 0.4) is 0 Å². The summed E-state index contributed by atoms with van der Waals surface area (Å²) >= 11 is 3.40. The molecule has 0 aliphatic carbocycles. The van der Waals surface area contributed by atoms with E-state index in [-0.39, 0.29) is 11.9 Å². The van der Waals surface area contributed by atoms with Gasteiger partial charge in [-0.1, -0.05) is 53.2 Å². The minimum absolute atomic E-state index is 0.239. The molecule has 2 rings (SSSR count). The second kappa shape index (κ2) is 7.69. The van der Waals surface area contributed by atoms with Gasteiger partial charge >= 0.3 is 0 Å². The fourth-order valence-corrected chi connectivity index (χ4v) is 2.39. The maximum Gasteiger partial charge on any atom is 0.129 e. The standard InChI is InChI=1S/C17H19BrFNO/c1-2-16(20)17(14-5-3-4-6-15(14)19)21-11-12-7-9-13(18)10-8-12/h3-10,16-17H,2,11,20H2,1H3. The van der Waals surface area contributed by atoms with E-state index in [2.05, 4.69) is 15.9 Å². The summed E-state index contributed by atoms with van der Waals surface area (Å²) in [5, 5.41) is 0. The fraction of sp³-hybridized carbons (Fsp3) is 0.294. The SMILES string of the molecule is CCC(N)C(OCc1ccc(Br)cc1)c1ccccc1F. The van der Waals surface area contributed by atoms with Crippen molar-refractivity contribution >= 4 is 15.9 Å². The first-order chi connectivity index (χ1) is 10.1. The molecule has 2 aromatic carbocycles. The number of rotatable bonds is 6. The highest BCUT2D eigenvalue weighted by atomic mass is 79.9. The molecule has 2 atom stereocenters. The van der Waals surface area contributed by atoms with Crippen LogP contribution in [0.15, 0.2) is 53.0 Å². The van der Waals surface area contributed by atoms with Gasteiger partial charge in [-0.2, -0.15) is 0 Å². The van der Waals surface area contributed by atoms with Gasteiger partial charge in [0.25, 0.3) is 0 Å². The maximum absolute atomic E-state index is 14.0. The predicted molar refractivity (Wildman–Crippen MR) is 86.3 cm³/mol. The van der Waals surface area contributed by atoms with Crippen LogP contribution in [0.25, 0.3) is 0 Å². The van der Waals surface area contributed by atoms with Gasteiger partial charge in [0.1, 0.15) is 11.9 Å². The van der Waals surface area contributed by atoms with E-state index in [0.29, 0.717) is 12.2 Å². The minimum atomic E-state index is -0.445. The highest BCUT2D eigenvalue weighted by Crippen LogP contribution is 2.26. The van der Waals surface area contributed by atoms with Gasteiger partial charge in [-0.15, -0.1) is 0 Å². The average Bonchev–Trinajstić information content (AvgIpc) is 2.50. The van der Waals surface area contributed by atoms with Crippen LogP contribution >= 0.6 is 15.9 Å². The molecular formula is C17H19BrFNO. The smallest absolute Gasteiger partial charge is 0.129 e. The van der Waals surface area contributed by atoms with E-state index in [1.807, 2.05) is 31.2 Å². The number of benzene rings is 2. The number of halogens is 2. The number of ether oxygens (including phenoxy) is 1. The molecule has 2 unspecified atom stereocenters. The van der Waals surface area contributed by atoms with E-state index in [1.165, 1.54) is 6.07 Å². The zero-order chi connectivity index (χ0) is 15.2. The maximum atomic E-state index is 14.0. The Morgan fingerprint density at radius 2 is 1.81 bits per heavy atom. The van der Waals surface area contributed by atoms with Crippen molar-refractivity contribution in [1.29, 1.82) is 0 Å². The number of hydrogen-bond acceptors (Lipinski definition) is 2. The molecule has 4 heteroatoms. The van der Waals surface area contributed by atoms with Crippen molar-refractivity contribution in [1.82, 2.24) is 0 Å². The van der Waals surface area contributed by atoms with Crippen molar-refractivity contribution in [3.05, 3.63) is 69.9 Å². The van der Waals surface area contributed by atoms with E-state index in [9.17, 15) is 4.39 Å². The first-order valence-electron chi connectivity index (χ1n) is 6.98. The summed E-state index contributed by atoms with van der Waals surface area (Å²) < 4.78 is 20.9. The van der Waals surface area contributed by atoms with Crippen molar-refractivity contribution in [3.63, 3.8) is 0 Å². The predicted octanol–water partition coefficient (Wildman–Crippen LogP) is 4.58. The van der Waals surface area contributed by atoms with E-state index in [0.717, 1.165) is 16.5 Å². The summed E-state index contributed by atoms with van der Waals surface area (Å²) in [5.74, 6) is -0.276. The molecule has 0 bridgehead atoms. The van der Waals surface area contributed by atoms with Gasteiger partial charge in [-0.3, -0.25) is 0 Å². The van der Waals surface area contributed by atoms with Crippen LogP contribution in [-0.4, -0.2) is 6.04 Å². The Morgan fingerprint density at radius 1 is 1.14 bits per heavy atom. The van der Waals surface area contributed by atoms with Crippen LogP contribution in [0.4, 0.5) is 4.39 Å². The largest absolute Gasteiger partial charge is 0.367 e. The van der Waals surface area contributed by atoms with Gasteiger partial charge in [-0.25, -0.2) is 4.39 Å². The van der Waals surface area contributed by atoms with Crippen molar-refractivity contribution in [2.75, 3.05) is 0 Å². The summed E-state index contributed by atoms with van der Waals surface area (Å²) in [6.45, 7) is 2.38. The summed E-state index contributed by atoms with van der Waals surface area (Å²) in [4.78, 5) is 0. The molecule has 2 aromatic rings. The van der Waals surface area contributed by atoms with Gasteiger partial charge in [-0.05, 0) is 30.2 Å². The molecule has 21 heavy (non-hydrogen) atoms. The van der Waals surface area contributed by atoms with Crippen LogP contribution in [0.5, 0.6) is 0 Å². The van der Waals surface area contributed by atoms with Gasteiger partial charge in [0, 0.05) is 16.1 Å². The topological polar surface area (TPSA) is 35.2 Å². The molecule has 112 valence electrons. The van der Waals surface area contributed by atoms with Crippen LogP contribution in [0.2, 0.25) is 0 Å². The van der Waals surface area contributed by atoms with E-state index in [1.54, 1.807) is 18.2 Å². The van der Waals surface area contributed by atoms with Crippen LogP contribution in [0.1, 0.15) is 30.6 Å². The fourth-order valence-electron chi connectivity index (χ4n) is 2.13. The van der Waals surface area contributed by atoms with Gasteiger partial charge in [0.05, 0.1) is 6.61 Å². The van der Waals surface area contributed by atoms with Gasteiger partial charge < -0.3 is 10.5 Å². The summed E-state index contributed by atoms with van der Waals surface area (Å²) in [6, 6.07) is 14.3. The quantitative estimate of drug-likeness (QED) is 0.826. The Kier molecular flexibility index (Phi) is 5.91. The highest BCUT2D eigenvalue weighted by Gasteiger charge is 2.22. The average molecular weight is 352 g/mol. The Morgan fingerprint density at radius 3 is 2.43 bits per heavy atom. The lowest BCUT2D eigenvalue weighted by Gasteiger charge is -2.24. The lowest BCUT2D eigenvalue weighted by Crippen LogP contribution is -2.30. The van der Waals surface area contributed by atoms with E-state index >= 15 is 0 Å². The third-order valence-corrected chi connectivity index (χ3v) is 3.94. The molecule has 0 aliphatic rings. The zero-order valence-corrected chi connectivity index (χ0v) is 13.5. The molecule has 0 saturated carbocycles. The monoisotopic (exact) mass is 351 g/mol. The highest BCUT2D eigenvalue weighted by molar-refractivity contribution is 9.10. The van der Waals surface area contributed by atoms with Crippen LogP contribution < -0.4 is 5.73 Å². The van der Waals surface area contributed by atoms with Crippen molar-refractivity contribution in [2.24, 2.45) is 5.73 Å². The summed E-state index contributed by atoms with van der Waals surface area (Å²) in [7, 11) is 0. The molecule has 2 N–H and O–H groups in total. The Hall–Kier alpha value is -1.23. The normalized spacial score (nSPS) is 13.9. The van der Waals surface area contributed by atoms with Crippen LogP contribution in [0, 0.1) is 5.82 Å². The van der Waals surface area contributed by atoms with Crippen molar-refractivity contribution in [2.45, 2.75) is 32.1 Å². The minimum Gasteiger partial charge on any atom is -0.367 e. The second-order valence-electron chi connectivity index (χ2n) is 4.95. The number of hydrogen-bond donors (Lipinski definition) is 1. The Labute approximate surface area is 133 Å². The molecule has 0 radical (unpaired) electrons. The molecule has 0 saturated heterocycles.